The minimum absolute atomic E-state index is 0.0604. The topological polar surface area (TPSA) is 37.8 Å². The predicted octanol–water partition coefficient (Wildman–Crippen LogP) is 2.38. The van der Waals surface area contributed by atoms with Crippen LogP contribution in [0.2, 0.25) is 0 Å². The van der Waals surface area contributed by atoms with Gasteiger partial charge >= 0.3 is 6.18 Å². The molecule has 0 unspecified atom stereocenters. The van der Waals surface area contributed by atoms with E-state index in [1.807, 2.05) is 0 Å². The van der Waals surface area contributed by atoms with E-state index in [9.17, 15) is 13.2 Å². The van der Waals surface area contributed by atoms with Crippen molar-refractivity contribution in [2.24, 2.45) is 0 Å². The fourth-order valence-corrected chi connectivity index (χ4v) is 1.46. The van der Waals surface area contributed by atoms with Crippen molar-refractivity contribution in [2.75, 3.05) is 5.32 Å². The molecule has 1 rings (SSSR count). The molecule has 0 saturated carbocycles. The van der Waals surface area contributed by atoms with Crippen LogP contribution in [0.15, 0.2) is 0 Å². The summed E-state index contributed by atoms with van der Waals surface area (Å²) >= 11 is 0.428. The molecule has 0 aromatic carbocycles. The van der Waals surface area contributed by atoms with Crippen molar-refractivity contribution < 1.29 is 13.2 Å². The highest BCUT2D eigenvalue weighted by Gasteiger charge is 2.36. The van der Waals surface area contributed by atoms with Gasteiger partial charge in [-0.25, -0.2) is 0 Å². The average molecular weight is 235 g/mol. The second kappa shape index (κ2) is 3.70. The van der Waals surface area contributed by atoms with Crippen molar-refractivity contribution >= 4 is 16.5 Å². The first-order chi connectivity index (χ1) is 6.74. The summed E-state index contributed by atoms with van der Waals surface area (Å²) in [4.78, 5) is 0. The second-order valence-corrected chi connectivity index (χ2v) is 4.28. The molecule has 1 aromatic heterocycles. The zero-order valence-electron chi connectivity index (χ0n) is 8.01. The van der Waals surface area contributed by atoms with Gasteiger partial charge in [-0.15, -0.1) is 16.6 Å². The van der Waals surface area contributed by atoms with Gasteiger partial charge in [0.2, 0.25) is 10.1 Å². The third-order valence-corrected chi connectivity index (χ3v) is 2.33. The molecule has 1 N–H and O–H groups in total. The van der Waals surface area contributed by atoms with Gasteiger partial charge in [0.25, 0.3) is 0 Å². The first kappa shape index (κ1) is 11.8. The summed E-state index contributed by atoms with van der Waals surface area (Å²) in [6.45, 7) is 3.31. The Bertz CT molecular complexity index is 389. The van der Waals surface area contributed by atoms with Gasteiger partial charge in [0.05, 0.1) is 5.54 Å². The first-order valence-corrected chi connectivity index (χ1v) is 4.73. The molecule has 15 heavy (non-hydrogen) atoms. The first-order valence-electron chi connectivity index (χ1n) is 3.91. The lowest BCUT2D eigenvalue weighted by molar-refractivity contribution is -0.138. The standard InChI is InChI=1S/C8H8F3N3S/c1-4-7(2,3)12-6-14-13-5(15-6)8(9,10)11/h1H,2-3H3,(H,12,14). The number of terminal acetylenes is 1. The molecule has 0 radical (unpaired) electrons. The summed E-state index contributed by atoms with van der Waals surface area (Å²) in [6.07, 6.45) is 0.708. The van der Waals surface area contributed by atoms with Crippen molar-refractivity contribution in [2.45, 2.75) is 25.6 Å². The van der Waals surface area contributed by atoms with Crippen LogP contribution in [0.25, 0.3) is 0 Å². The number of hydrogen-bond acceptors (Lipinski definition) is 4. The van der Waals surface area contributed by atoms with Crippen molar-refractivity contribution in [1.82, 2.24) is 10.2 Å². The van der Waals surface area contributed by atoms with Gasteiger partial charge in [-0.1, -0.05) is 17.3 Å². The SMILES string of the molecule is C#CC(C)(C)Nc1nnc(C(F)(F)F)s1. The van der Waals surface area contributed by atoms with Gasteiger partial charge in [0.1, 0.15) is 0 Å². The summed E-state index contributed by atoms with van der Waals surface area (Å²) in [5.74, 6) is 2.38. The van der Waals surface area contributed by atoms with Gasteiger partial charge in [0.15, 0.2) is 0 Å². The maximum absolute atomic E-state index is 12.2. The molecule has 3 nitrogen and oxygen atoms in total. The highest BCUT2D eigenvalue weighted by molar-refractivity contribution is 7.15. The quantitative estimate of drug-likeness (QED) is 0.800. The van der Waals surface area contributed by atoms with Crippen molar-refractivity contribution in [3.05, 3.63) is 5.01 Å². The molecular weight excluding hydrogens is 227 g/mol. The molecule has 0 spiro atoms. The Morgan fingerprint density at radius 1 is 1.33 bits per heavy atom. The third-order valence-electron chi connectivity index (χ3n) is 1.45. The van der Waals surface area contributed by atoms with Crippen LogP contribution in [0.1, 0.15) is 18.9 Å². The van der Waals surface area contributed by atoms with Crippen LogP contribution in [0.4, 0.5) is 18.3 Å². The molecule has 0 saturated heterocycles. The van der Waals surface area contributed by atoms with Crippen LogP contribution in [-0.4, -0.2) is 15.7 Å². The number of nitrogens with zero attached hydrogens (tertiary/aromatic N) is 2. The minimum Gasteiger partial charge on any atom is -0.344 e. The summed E-state index contributed by atoms with van der Waals surface area (Å²) < 4.78 is 36.5. The summed E-state index contributed by atoms with van der Waals surface area (Å²) in [5.41, 5.74) is -0.748. The van der Waals surface area contributed by atoms with E-state index in [4.69, 9.17) is 6.42 Å². The Hall–Kier alpha value is -1.29. The summed E-state index contributed by atoms with van der Waals surface area (Å²) in [6, 6.07) is 0. The largest absolute Gasteiger partial charge is 0.445 e. The average Bonchev–Trinajstić information content (AvgIpc) is 2.51. The highest BCUT2D eigenvalue weighted by atomic mass is 32.1. The molecular formula is C8H8F3N3S. The molecule has 0 bridgehead atoms. The van der Waals surface area contributed by atoms with Crippen LogP contribution >= 0.6 is 11.3 Å². The lowest BCUT2D eigenvalue weighted by Crippen LogP contribution is -2.28. The Morgan fingerprint density at radius 3 is 2.33 bits per heavy atom. The maximum Gasteiger partial charge on any atom is 0.445 e. The normalized spacial score (nSPS) is 12.3. The number of aromatic nitrogens is 2. The third kappa shape index (κ3) is 3.09. The predicted molar refractivity (Wildman–Crippen MR) is 51.4 cm³/mol. The number of rotatable bonds is 2. The Labute approximate surface area is 88.7 Å². The van der Waals surface area contributed by atoms with E-state index in [2.05, 4.69) is 21.4 Å². The number of alkyl halides is 3. The lowest BCUT2D eigenvalue weighted by Gasteiger charge is -2.17. The Kier molecular flexibility index (Phi) is 2.90. The van der Waals surface area contributed by atoms with E-state index in [-0.39, 0.29) is 5.13 Å². The van der Waals surface area contributed by atoms with Gasteiger partial charge in [-0.2, -0.15) is 13.2 Å². The minimum atomic E-state index is -4.46. The zero-order valence-corrected chi connectivity index (χ0v) is 8.83. The van der Waals surface area contributed by atoms with Gasteiger partial charge in [-0.05, 0) is 13.8 Å². The fraction of sp³-hybridized carbons (Fsp3) is 0.500. The van der Waals surface area contributed by atoms with Crippen LogP contribution in [0, 0.1) is 12.3 Å². The van der Waals surface area contributed by atoms with E-state index < -0.39 is 16.7 Å². The molecule has 7 heteroatoms. The Balaban J connectivity index is 2.83. The molecule has 0 amide bonds. The molecule has 1 aromatic rings. The van der Waals surface area contributed by atoms with Crippen LogP contribution in [-0.2, 0) is 6.18 Å². The van der Waals surface area contributed by atoms with Crippen molar-refractivity contribution in [3.63, 3.8) is 0 Å². The molecule has 0 fully saturated rings. The summed E-state index contributed by atoms with van der Waals surface area (Å²) in [7, 11) is 0. The monoisotopic (exact) mass is 235 g/mol. The Morgan fingerprint density at radius 2 is 1.93 bits per heavy atom. The van der Waals surface area contributed by atoms with Crippen LogP contribution in [0.3, 0.4) is 0 Å². The number of nitrogens with one attached hydrogen (secondary N) is 1. The molecule has 0 aliphatic carbocycles. The maximum atomic E-state index is 12.2. The number of hydrogen-bond donors (Lipinski definition) is 1. The van der Waals surface area contributed by atoms with Crippen LogP contribution in [0.5, 0.6) is 0 Å². The fourth-order valence-electron chi connectivity index (χ4n) is 0.692. The van der Waals surface area contributed by atoms with Crippen molar-refractivity contribution in [3.8, 4) is 12.3 Å². The second-order valence-electron chi connectivity index (χ2n) is 3.30. The lowest BCUT2D eigenvalue weighted by atomic mass is 10.1. The number of anilines is 1. The molecule has 1 heterocycles. The smallest absolute Gasteiger partial charge is 0.344 e. The van der Waals surface area contributed by atoms with Crippen LogP contribution < -0.4 is 5.32 Å². The van der Waals surface area contributed by atoms with Gasteiger partial charge in [-0.3, -0.25) is 0 Å². The molecule has 82 valence electrons. The molecule has 0 aliphatic heterocycles. The molecule has 0 atom stereocenters. The van der Waals surface area contributed by atoms with E-state index >= 15 is 0 Å². The van der Waals surface area contributed by atoms with E-state index in [1.165, 1.54) is 0 Å². The zero-order chi connectivity index (χ0) is 11.7. The highest BCUT2D eigenvalue weighted by Crippen LogP contribution is 2.33. The van der Waals surface area contributed by atoms with Gasteiger partial charge in [0, 0.05) is 0 Å². The summed E-state index contributed by atoms with van der Waals surface area (Å²) in [5, 5.41) is 8.12. The van der Waals surface area contributed by atoms with Crippen molar-refractivity contribution in [1.29, 1.82) is 0 Å². The molecule has 0 aliphatic rings. The van der Waals surface area contributed by atoms with E-state index in [1.54, 1.807) is 13.8 Å². The van der Waals surface area contributed by atoms with E-state index in [0.717, 1.165) is 0 Å². The van der Waals surface area contributed by atoms with Gasteiger partial charge < -0.3 is 5.32 Å². The van der Waals surface area contributed by atoms with E-state index in [0.29, 0.717) is 11.3 Å². The number of halogens is 3.